The summed E-state index contributed by atoms with van der Waals surface area (Å²) in [6.07, 6.45) is 3.22. The van der Waals surface area contributed by atoms with E-state index in [-0.39, 0.29) is 12.8 Å². The highest BCUT2D eigenvalue weighted by molar-refractivity contribution is 5.74. The van der Waals surface area contributed by atoms with Gasteiger partial charge in [-0.2, -0.15) is 0 Å². The summed E-state index contributed by atoms with van der Waals surface area (Å²) in [5.74, 6) is 1.45. The molecule has 4 nitrogen and oxygen atoms in total. The highest BCUT2D eigenvalue weighted by Gasteiger charge is 2.22. The van der Waals surface area contributed by atoms with Crippen LogP contribution < -0.4 is 10.1 Å². The molecule has 0 unspecified atom stereocenters. The third kappa shape index (κ3) is 5.01. The minimum absolute atomic E-state index is 0.0352. The molecule has 4 heteroatoms. The van der Waals surface area contributed by atoms with Crippen molar-refractivity contribution in [3.8, 4) is 5.75 Å². The van der Waals surface area contributed by atoms with Gasteiger partial charge in [0.05, 0.1) is 0 Å². The number of nitrogens with one attached hydrogen (secondary N) is 1. The van der Waals surface area contributed by atoms with Gasteiger partial charge in [0, 0.05) is 13.1 Å². The number of amides is 2. The van der Waals surface area contributed by atoms with Crippen molar-refractivity contribution in [1.82, 2.24) is 10.2 Å². The van der Waals surface area contributed by atoms with Crippen LogP contribution in [0.4, 0.5) is 4.79 Å². The Labute approximate surface area is 156 Å². The summed E-state index contributed by atoms with van der Waals surface area (Å²) >= 11 is 0. The fourth-order valence-electron chi connectivity index (χ4n) is 3.38. The largest absolute Gasteiger partial charge is 0.473 e. The summed E-state index contributed by atoms with van der Waals surface area (Å²) in [5, 5.41) is 2.86. The van der Waals surface area contributed by atoms with Crippen LogP contribution in [0, 0.1) is 19.8 Å². The molecule has 0 saturated carbocycles. The molecule has 2 aromatic carbocycles. The molecular weight excluding hydrogens is 324 g/mol. The second kappa shape index (κ2) is 8.75. The van der Waals surface area contributed by atoms with Gasteiger partial charge in [0.1, 0.15) is 5.75 Å². The number of hydrogen-bond acceptors (Lipinski definition) is 2. The maximum atomic E-state index is 12.3. The van der Waals surface area contributed by atoms with E-state index in [4.69, 9.17) is 4.74 Å². The summed E-state index contributed by atoms with van der Waals surface area (Å²) in [4.78, 5) is 14.2. The number of ether oxygens (including phenoxy) is 1. The van der Waals surface area contributed by atoms with Crippen LogP contribution in [0.1, 0.15) is 29.5 Å². The first-order chi connectivity index (χ1) is 12.6. The molecule has 138 valence electrons. The lowest BCUT2D eigenvalue weighted by atomic mass is 9.90. The summed E-state index contributed by atoms with van der Waals surface area (Å²) in [5.41, 5.74) is 3.81. The first-order valence-electron chi connectivity index (χ1n) is 9.38. The van der Waals surface area contributed by atoms with Crippen molar-refractivity contribution in [3.05, 3.63) is 65.2 Å². The van der Waals surface area contributed by atoms with Crippen LogP contribution in [0.25, 0.3) is 0 Å². The molecule has 0 aromatic heterocycles. The minimum atomic E-state index is -0.0352. The quantitative estimate of drug-likeness (QED) is 0.815. The Kier molecular flexibility index (Phi) is 6.16. The number of benzene rings is 2. The highest BCUT2D eigenvalue weighted by Crippen LogP contribution is 2.21. The minimum Gasteiger partial charge on any atom is -0.473 e. The number of carbonyl (C=O) groups is 1. The zero-order valence-corrected chi connectivity index (χ0v) is 15.7. The number of rotatable bonds is 5. The van der Waals surface area contributed by atoms with Gasteiger partial charge in [-0.1, -0.05) is 36.4 Å². The van der Waals surface area contributed by atoms with Gasteiger partial charge in [0.15, 0.2) is 6.73 Å². The van der Waals surface area contributed by atoms with Crippen molar-refractivity contribution in [2.75, 3.05) is 19.8 Å². The third-order valence-corrected chi connectivity index (χ3v) is 5.21. The average Bonchev–Trinajstić information content (AvgIpc) is 2.66. The Morgan fingerprint density at radius 3 is 2.50 bits per heavy atom. The van der Waals surface area contributed by atoms with Crippen molar-refractivity contribution in [2.45, 2.75) is 33.1 Å². The van der Waals surface area contributed by atoms with E-state index in [1.165, 1.54) is 16.7 Å². The molecular formula is C22H28N2O2. The van der Waals surface area contributed by atoms with E-state index in [0.717, 1.165) is 38.1 Å². The maximum Gasteiger partial charge on any atom is 0.320 e. The van der Waals surface area contributed by atoms with Crippen LogP contribution in [0.2, 0.25) is 0 Å². The monoisotopic (exact) mass is 352 g/mol. The molecule has 26 heavy (non-hydrogen) atoms. The van der Waals surface area contributed by atoms with E-state index in [1.54, 1.807) is 0 Å². The molecule has 0 spiro atoms. The molecule has 0 bridgehead atoms. The molecule has 0 atom stereocenters. The maximum absolute atomic E-state index is 12.3. The third-order valence-electron chi connectivity index (χ3n) is 5.21. The average molecular weight is 352 g/mol. The van der Waals surface area contributed by atoms with Gasteiger partial charge >= 0.3 is 6.03 Å². The van der Waals surface area contributed by atoms with Crippen LogP contribution in [-0.2, 0) is 6.42 Å². The van der Waals surface area contributed by atoms with E-state index in [9.17, 15) is 4.79 Å². The first kappa shape index (κ1) is 18.3. The number of hydrogen-bond donors (Lipinski definition) is 1. The Balaban J connectivity index is 1.38. The smallest absolute Gasteiger partial charge is 0.320 e. The van der Waals surface area contributed by atoms with Crippen molar-refractivity contribution in [3.63, 3.8) is 0 Å². The van der Waals surface area contributed by atoms with Crippen LogP contribution in [0.3, 0.4) is 0 Å². The molecule has 1 aliphatic heterocycles. The SMILES string of the molecule is Cc1ccc(OCNC(=O)N2CCC(Cc3ccccc3)CC2)cc1C. The zero-order chi connectivity index (χ0) is 18.4. The Morgan fingerprint density at radius 2 is 1.81 bits per heavy atom. The van der Waals surface area contributed by atoms with Crippen LogP contribution in [0.5, 0.6) is 5.75 Å². The molecule has 1 N–H and O–H groups in total. The van der Waals surface area contributed by atoms with Gasteiger partial charge in [0.25, 0.3) is 0 Å². The standard InChI is InChI=1S/C22H28N2O2/c1-17-8-9-21(14-18(17)2)26-16-23-22(25)24-12-10-20(11-13-24)15-19-6-4-3-5-7-19/h3-9,14,20H,10-13,15-16H2,1-2H3,(H,23,25). The van der Waals surface area contributed by atoms with Gasteiger partial charge in [0.2, 0.25) is 0 Å². The van der Waals surface area contributed by atoms with Crippen LogP contribution in [0.15, 0.2) is 48.5 Å². The fraction of sp³-hybridized carbons (Fsp3) is 0.409. The lowest BCUT2D eigenvalue weighted by Crippen LogP contribution is -2.45. The van der Waals surface area contributed by atoms with Gasteiger partial charge < -0.3 is 15.0 Å². The first-order valence-corrected chi connectivity index (χ1v) is 9.38. The number of urea groups is 1. The number of piperidine rings is 1. The number of aryl methyl sites for hydroxylation is 2. The van der Waals surface area contributed by atoms with E-state index in [1.807, 2.05) is 23.1 Å². The lowest BCUT2D eigenvalue weighted by Gasteiger charge is -2.32. The molecule has 0 radical (unpaired) electrons. The predicted octanol–water partition coefficient (Wildman–Crippen LogP) is 4.30. The molecule has 1 fully saturated rings. The second-order valence-electron chi connectivity index (χ2n) is 7.14. The number of carbonyl (C=O) groups excluding carboxylic acids is 1. The van der Waals surface area contributed by atoms with Gasteiger partial charge in [-0.05, 0) is 67.9 Å². The molecule has 1 heterocycles. The van der Waals surface area contributed by atoms with Gasteiger partial charge in [-0.15, -0.1) is 0 Å². The van der Waals surface area contributed by atoms with Crippen molar-refractivity contribution in [1.29, 1.82) is 0 Å². The fourth-order valence-corrected chi connectivity index (χ4v) is 3.38. The van der Waals surface area contributed by atoms with E-state index < -0.39 is 0 Å². The molecule has 1 saturated heterocycles. The van der Waals surface area contributed by atoms with Crippen molar-refractivity contribution < 1.29 is 9.53 Å². The van der Waals surface area contributed by atoms with Crippen LogP contribution >= 0.6 is 0 Å². The zero-order valence-electron chi connectivity index (χ0n) is 15.7. The molecule has 1 aliphatic rings. The summed E-state index contributed by atoms with van der Waals surface area (Å²) in [7, 11) is 0. The Bertz CT molecular complexity index is 722. The van der Waals surface area contributed by atoms with E-state index in [0.29, 0.717) is 5.92 Å². The van der Waals surface area contributed by atoms with Crippen LogP contribution in [-0.4, -0.2) is 30.8 Å². The lowest BCUT2D eigenvalue weighted by molar-refractivity contribution is 0.161. The summed E-state index contributed by atoms with van der Waals surface area (Å²) in [6.45, 7) is 5.95. The summed E-state index contributed by atoms with van der Waals surface area (Å²) < 4.78 is 5.64. The molecule has 3 rings (SSSR count). The second-order valence-corrected chi connectivity index (χ2v) is 7.14. The predicted molar refractivity (Wildman–Crippen MR) is 104 cm³/mol. The number of nitrogens with zero attached hydrogens (tertiary/aromatic N) is 1. The summed E-state index contributed by atoms with van der Waals surface area (Å²) in [6, 6.07) is 16.5. The topological polar surface area (TPSA) is 41.6 Å². The Hall–Kier alpha value is -2.49. The van der Waals surface area contributed by atoms with E-state index >= 15 is 0 Å². The van der Waals surface area contributed by atoms with E-state index in [2.05, 4.69) is 49.5 Å². The number of likely N-dealkylation sites (tertiary alicyclic amines) is 1. The van der Waals surface area contributed by atoms with Crippen molar-refractivity contribution >= 4 is 6.03 Å². The van der Waals surface area contributed by atoms with Crippen molar-refractivity contribution in [2.24, 2.45) is 5.92 Å². The van der Waals surface area contributed by atoms with Gasteiger partial charge in [-0.25, -0.2) is 4.79 Å². The normalized spacial score (nSPS) is 14.9. The molecule has 0 aliphatic carbocycles. The highest BCUT2D eigenvalue weighted by atomic mass is 16.5. The molecule has 2 aromatic rings. The Morgan fingerprint density at radius 1 is 1.08 bits per heavy atom. The molecule has 2 amide bonds. The van der Waals surface area contributed by atoms with Gasteiger partial charge in [-0.3, -0.25) is 0 Å².